The summed E-state index contributed by atoms with van der Waals surface area (Å²) < 4.78 is 0. The van der Waals surface area contributed by atoms with Crippen molar-refractivity contribution in [2.24, 2.45) is 17.8 Å². The summed E-state index contributed by atoms with van der Waals surface area (Å²) in [7, 11) is 1.88. The van der Waals surface area contributed by atoms with Gasteiger partial charge in [-0.3, -0.25) is 4.79 Å². The third-order valence-corrected chi connectivity index (χ3v) is 3.94. The van der Waals surface area contributed by atoms with Crippen LogP contribution in [0, 0.1) is 17.8 Å². The number of amides is 1. The molecular formula is C13H21NO2. The van der Waals surface area contributed by atoms with Gasteiger partial charge in [0.05, 0.1) is 6.10 Å². The maximum Gasteiger partial charge on any atom is 0.226 e. The van der Waals surface area contributed by atoms with E-state index in [9.17, 15) is 9.90 Å². The molecule has 2 rings (SSSR count). The molecule has 2 bridgehead atoms. The highest BCUT2D eigenvalue weighted by Gasteiger charge is 2.47. The molecule has 0 heterocycles. The Labute approximate surface area is 97.1 Å². The van der Waals surface area contributed by atoms with Crippen LogP contribution in [-0.4, -0.2) is 35.6 Å². The van der Waals surface area contributed by atoms with Crippen LogP contribution < -0.4 is 0 Å². The molecule has 1 fully saturated rings. The number of aliphatic hydroxyl groups is 1. The molecule has 3 heteroatoms. The van der Waals surface area contributed by atoms with Crippen molar-refractivity contribution in [3.63, 3.8) is 0 Å². The fourth-order valence-corrected chi connectivity index (χ4v) is 2.88. The summed E-state index contributed by atoms with van der Waals surface area (Å²) in [4.78, 5) is 14.0. The molecule has 3 nitrogen and oxygen atoms in total. The van der Waals surface area contributed by atoms with Crippen molar-refractivity contribution in [1.29, 1.82) is 0 Å². The van der Waals surface area contributed by atoms with Crippen molar-refractivity contribution < 1.29 is 9.90 Å². The number of carbonyl (C=O) groups is 1. The molecule has 0 aromatic heterocycles. The Balaban J connectivity index is 1.94. The van der Waals surface area contributed by atoms with Crippen molar-refractivity contribution in [2.45, 2.75) is 32.3 Å². The van der Waals surface area contributed by atoms with Gasteiger partial charge in [0.25, 0.3) is 0 Å². The summed E-state index contributed by atoms with van der Waals surface area (Å²) in [5.74, 6) is 0.524. The molecule has 0 spiro atoms. The van der Waals surface area contributed by atoms with Crippen molar-refractivity contribution in [3.8, 4) is 0 Å². The zero-order valence-corrected chi connectivity index (χ0v) is 10.1. The van der Waals surface area contributed by atoms with Crippen LogP contribution in [0.1, 0.15) is 26.2 Å². The summed E-state index contributed by atoms with van der Waals surface area (Å²) in [5, 5.41) is 9.87. The molecule has 2 aliphatic carbocycles. The zero-order chi connectivity index (χ0) is 11.7. The van der Waals surface area contributed by atoms with Gasteiger partial charge < -0.3 is 10.0 Å². The van der Waals surface area contributed by atoms with E-state index in [4.69, 9.17) is 0 Å². The van der Waals surface area contributed by atoms with E-state index in [1.165, 1.54) is 0 Å². The normalized spacial score (nSPS) is 35.7. The molecule has 2 aliphatic rings. The SMILES string of the molecule is CCCCN(C)C(=O)C1CC2C=CC1C2O. The van der Waals surface area contributed by atoms with Gasteiger partial charge in [0, 0.05) is 31.3 Å². The van der Waals surface area contributed by atoms with Gasteiger partial charge in [-0.05, 0) is 12.8 Å². The van der Waals surface area contributed by atoms with Crippen LogP contribution in [0.15, 0.2) is 12.2 Å². The van der Waals surface area contributed by atoms with Gasteiger partial charge >= 0.3 is 0 Å². The van der Waals surface area contributed by atoms with Crippen LogP contribution in [0.2, 0.25) is 0 Å². The number of rotatable bonds is 4. The van der Waals surface area contributed by atoms with E-state index in [-0.39, 0.29) is 29.8 Å². The average Bonchev–Trinajstić information content (AvgIpc) is 2.81. The van der Waals surface area contributed by atoms with Gasteiger partial charge in [-0.1, -0.05) is 25.5 Å². The predicted molar refractivity (Wildman–Crippen MR) is 62.8 cm³/mol. The minimum atomic E-state index is -0.312. The summed E-state index contributed by atoms with van der Waals surface area (Å²) in [6, 6.07) is 0. The highest BCUT2D eigenvalue weighted by atomic mass is 16.3. The molecule has 90 valence electrons. The Kier molecular flexibility index (Phi) is 3.33. The highest BCUT2D eigenvalue weighted by Crippen LogP contribution is 2.44. The Morgan fingerprint density at radius 2 is 2.25 bits per heavy atom. The predicted octanol–water partition coefficient (Wildman–Crippen LogP) is 1.43. The summed E-state index contributed by atoms with van der Waals surface area (Å²) in [6.45, 7) is 2.96. The average molecular weight is 223 g/mol. The van der Waals surface area contributed by atoms with Crippen LogP contribution in [0.25, 0.3) is 0 Å². The highest BCUT2D eigenvalue weighted by molar-refractivity contribution is 5.80. The molecule has 0 aromatic carbocycles. The molecule has 0 aromatic rings. The van der Waals surface area contributed by atoms with E-state index in [0.29, 0.717) is 0 Å². The van der Waals surface area contributed by atoms with E-state index in [1.54, 1.807) is 0 Å². The number of nitrogens with zero attached hydrogens (tertiary/aromatic N) is 1. The van der Waals surface area contributed by atoms with Crippen LogP contribution in [0.5, 0.6) is 0 Å². The number of unbranched alkanes of at least 4 members (excludes halogenated alkanes) is 1. The van der Waals surface area contributed by atoms with Gasteiger partial charge in [0.1, 0.15) is 0 Å². The second-order valence-corrected chi connectivity index (χ2v) is 5.07. The number of hydrogen-bond acceptors (Lipinski definition) is 2. The lowest BCUT2D eigenvalue weighted by molar-refractivity contribution is -0.135. The third kappa shape index (κ3) is 1.88. The van der Waals surface area contributed by atoms with E-state index in [0.717, 1.165) is 25.8 Å². The molecule has 1 saturated carbocycles. The van der Waals surface area contributed by atoms with E-state index >= 15 is 0 Å². The van der Waals surface area contributed by atoms with Gasteiger partial charge in [-0.2, -0.15) is 0 Å². The summed E-state index contributed by atoms with van der Waals surface area (Å²) in [5.41, 5.74) is 0. The largest absolute Gasteiger partial charge is 0.392 e. The molecule has 4 atom stereocenters. The first-order valence-corrected chi connectivity index (χ1v) is 6.26. The minimum Gasteiger partial charge on any atom is -0.392 e. The molecule has 0 aliphatic heterocycles. The Morgan fingerprint density at radius 1 is 1.50 bits per heavy atom. The van der Waals surface area contributed by atoms with Crippen molar-refractivity contribution in [2.75, 3.05) is 13.6 Å². The second-order valence-electron chi connectivity index (χ2n) is 5.07. The Morgan fingerprint density at radius 3 is 2.75 bits per heavy atom. The zero-order valence-electron chi connectivity index (χ0n) is 10.1. The first-order valence-electron chi connectivity index (χ1n) is 6.26. The summed E-state index contributed by atoms with van der Waals surface area (Å²) in [6.07, 6.45) is 6.77. The smallest absolute Gasteiger partial charge is 0.226 e. The maximum atomic E-state index is 12.2. The lowest BCUT2D eigenvalue weighted by Gasteiger charge is -2.24. The number of hydrogen-bond donors (Lipinski definition) is 1. The molecule has 1 amide bonds. The maximum absolute atomic E-state index is 12.2. The van der Waals surface area contributed by atoms with Crippen LogP contribution >= 0.6 is 0 Å². The monoisotopic (exact) mass is 223 g/mol. The Bertz CT molecular complexity index is 300. The molecule has 1 N–H and O–H groups in total. The van der Waals surface area contributed by atoms with Gasteiger partial charge in [0.2, 0.25) is 5.91 Å². The first kappa shape index (κ1) is 11.6. The first-order chi connectivity index (χ1) is 7.65. The van der Waals surface area contributed by atoms with E-state index in [1.807, 2.05) is 18.0 Å². The fraction of sp³-hybridized carbons (Fsp3) is 0.769. The molecule has 16 heavy (non-hydrogen) atoms. The second kappa shape index (κ2) is 4.58. The van der Waals surface area contributed by atoms with Crippen LogP contribution in [0.4, 0.5) is 0 Å². The Hall–Kier alpha value is -0.830. The van der Waals surface area contributed by atoms with Crippen LogP contribution in [0.3, 0.4) is 0 Å². The fourth-order valence-electron chi connectivity index (χ4n) is 2.88. The number of fused-ring (bicyclic) bond motifs is 2. The van der Waals surface area contributed by atoms with Crippen molar-refractivity contribution in [3.05, 3.63) is 12.2 Å². The minimum absolute atomic E-state index is 0.0202. The van der Waals surface area contributed by atoms with Gasteiger partial charge in [-0.15, -0.1) is 0 Å². The van der Waals surface area contributed by atoms with Crippen molar-refractivity contribution in [1.82, 2.24) is 4.90 Å². The lowest BCUT2D eigenvalue weighted by atomic mass is 9.92. The third-order valence-electron chi connectivity index (χ3n) is 3.94. The van der Waals surface area contributed by atoms with E-state index < -0.39 is 0 Å². The van der Waals surface area contributed by atoms with Crippen molar-refractivity contribution >= 4 is 5.91 Å². The van der Waals surface area contributed by atoms with Gasteiger partial charge in [-0.25, -0.2) is 0 Å². The standard InChI is InChI=1S/C13H21NO2/c1-3-4-7-14(2)13(16)11-8-9-5-6-10(11)12(9)15/h5-6,9-12,15H,3-4,7-8H2,1-2H3. The van der Waals surface area contributed by atoms with Gasteiger partial charge in [0.15, 0.2) is 0 Å². The lowest BCUT2D eigenvalue weighted by Crippen LogP contribution is -2.36. The number of carbonyl (C=O) groups excluding carboxylic acids is 1. The number of aliphatic hydroxyl groups excluding tert-OH is 1. The summed E-state index contributed by atoms with van der Waals surface area (Å²) >= 11 is 0. The quantitative estimate of drug-likeness (QED) is 0.732. The van der Waals surface area contributed by atoms with E-state index in [2.05, 4.69) is 13.0 Å². The molecular weight excluding hydrogens is 202 g/mol. The molecule has 0 saturated heterocycles. The molecule has 0 radical (unpaired) electrons. The molecule has 4 unspecified atom stereocenters. The topological polar surface area (TPSA) is 40.5 Å². The van der Waals surface area contributed by atoms with Crippen LogP contribution in [-0.2, 0) is 4.79 Å².